The maximum atomic E-state index is 5.62. The fourth-order valence-electron chi connectivity index (χ4n) is 1.18. The second kappa shape index (κ2) is 12.6. The van der Waals surface area contributed by atoms with E-state index in [-0.39, 0.29) is 0 Å². The molecule has 3 heteroatoms. The van der Waals surface area contributed by atoms with Gasteiger partial charge in [0.2, 0.25) is 0 Å². The number of allylic oxidation sites excluding steroid dienone is 4. The van der Waals surface area contributed by atoms with Crippen molar-refractivity contribution in [3.63, 3.8) is 0 Å². The molecule has 0 bridgehead atoms. The predicted octanol–water partition coefficient (Wildman–Crippen LogP) is 3.49. The first-order chi connectivity index (χ1) is 8.35. The zero-order valence-electron chi connectivity index (χ0n) is 11.1. The molecule has 0 aromatic heterocycles. The number of hydrogen-bond acceptors (Lipinski definition) is 3. The Balaban J connectivity index is 3.72. The molecule has 0 heterocycles. The summed E-state index contributed by atoms with van der Waals surface area (Å²) < 4.78 is 10.4. The highest BCUT2D eigenvalue weighted by Crippen LogP contribution is 2.03. The third-order valence-electron chi connectivity index (χ3n) is 1.98. The van der Waals surface area contributed by atoms with Crippen LogP contribution >= 0.6 is 0 Å². The van der Waals surface area contributed by atoms with Gasteiger partial charge in [-0.3, -0.25) is 4.99 Å². The van der Waals surface area contributed by atoms with E-state index in [9.17, 15) is 0 Å². The molecule has 0 N–H and O–H groups in total. The Labute approximate surface area is 105 Å². The molecule has 0 saturated carbocycles. The Kier molecular flexibility index (Phi) is 11.4. The van der Waals surface area contributed by atoms with Gasteiger partial charge in [0.25, 0.3) is 0 Å². The highest BCUT2D eigenvalue weighted by molar-refractivity contribution is 5.72. The van der Waals surface area contributed by atoms with Crippen molar-refractivity contribution in [2.24, 2.45) is 4.99 Å². The van der Waals surface area contributed by atoms with Crippen LogP contribution in [0, 0.1) is 0 Å². The summed E-state index contributed by atoms with van der Waals surface area (Å²) in [5, 5.41) is 0. The van der Waals surface area contributed by atoms with Crippen molar-refractivity contribution in [2.75, 3.05) is 20.8 Å². The third-order valence-corrected chi connectivity index (χ3v) is 1.98. The molecule has 0 aliphatic rings. The lowest BCUT2D eigenvalue weighted by molar-refractivity contribution is 0.218. The average Bonchev–Trinajstić information content (AvgIpc) is 2.34. The van der Waals surface area contributed by atoms with E-state index < -0.39 is 0 Å². The summed E-state index contributed by atoms with van der Waals surface area (Å²) in [7, 11) is 3.40. The number of ether oxygens (including phenoxy) is 2. The Morgan fingerprint density at radius 1 is 1.29 bits per heavy atom. The second-order valence-electron chi connectivity index (χ2n) is 3.43. The van der Waals surface area contributed by atoms with Gasteiger partial charge in [0.1, 0.15) is 5.76 Å². The van der Waals surface area contributed by atoms with Gasteiger partial charge in [-0.05, 0) is 44.4 Å². The van der Waals surface area contributed by atoms with Gasteiger partial charge in [0, 0.05) is 13.3 Å². The van der Waals surface area contributed by atoms with Crippen LogP contribution in [0.1, 0.15) is 26.2 Å². The van der Waals surface area contributed by atoms with E-state index in [0.29, 0.717) is 0 Å². The quantitative estimate of drug-likeness (QED) is 0.266. The Hall–Kier alpha value is -1.51. The average molecular weight is 237 g/mol. The van der Waals surface area contributed by atoms with Crippen LogP contribution in [-0.4, -0.2) is 27.0 Å². The lowest BCUT2D eigenvalue weighted by atomic mass is 10.2. The highest BCUT2D eigenvalue weighted by Gasteiger charge is 1.92. The monoisotopic (exact) mass is 237 g/mol. The Bertz CT molecular complexity index is 278. The predicted molar refractivity (Wildman–Crippen MR) is 73.3 cm³/mol. The fraction of sp³-hybridized carbons (Fsp3) is 0.500. The molecule has 17 heavy (non-hydrogen) atoms. The van der Waals surface area contributed by atoms with Crippen molar-refractivity contribution in [3.05, 3.63) is 36.3 Å². The van der Waals surface area contributed by atoms with Crippen LogP contribution < -0.4 is 0 Å². The number of methoxy groups -OCH3 is 1. The first kappa shape index (κ1) is 15.5. The van der Waals surface area contributed by atoms with Crippen molar-refractivity contribution in [3.8, 4) is 0 Å². The molecule has 0 radical (unpaired) electrons. The Morgan fingerprint density at radius 2 is 2.12 bits per heavy atom. The first-order valence-electron chi connectivity index (χ1n) is 5.91. The molecular formula is C14H23NO2. The molecule has 0 amide bonds. The van der Waals surface area contributed by atoms with Gasteiger partial charge in [0.05, 0.1) is 20.0 Å². The van der Waals surface area contributed by atoms with Gasteiger partial charge in [0.15, 0.2) is 0 Å². The zero-order valence-corrected chi connectivity index (χ0v) is 11.1. The van der Waals surface area contributed by atoms with Gasteiger partial charge in [-0.2, -0.15) is 0 Å². The molecule has 0 fully saturated rings. The van der Waals surface area contributed by atoms with E-state index in [1.54, 1.807) is 26.6 Å². The highest BCUT2D eigenvalue weighted by atomic mass is 16.5. The van der Waals surface area contributed by atoms with E-state index in [1.165, 1.54) is 0 Å². The minimum absolute atomic E-state index is 0.731. The van der Waals surface area contributed by atoms with Gasteiger partial charge >= 0.3 is 0 Å². The summed E-state index contributed by atoms with van der Waals surface area (Å²) in [5.41, 5.74) is 0. The van der Waals surface area contributed by atoms with Gasteiger partial charge in [-0.25, -0.2) is 0 Å². The van der Waals surface area contributed by atoms with Gasteiger partial charge in [-0.1, -0.05) is 6.08 Å². The molecule has 0 spiro atoms. The van der Waals surface area contributed by atoms with Crippen molar-refractivity contribution in [1.29, 1.82) is 0 Å². The molecular weight excluding hydrogens is 214 g/mol. The van der Waals surface area contributed by atoms with E-state index in [4.69, 9.17) is 9.47 Å². The number of unbranched alkanes of at least 4 members (excludes halogenated alkanes) is 2. The fourth-order valence-corrected chi connectivity index (χ4v) is 1.18. The molecule has 0 unspecified atom stereocenters. The minimum Gasteiger partial charge on any atom is -0.505 e. The molecule has 3 nitrogen and oxygen atoms in total. The Morgan fingerprint density at radius 3 is 2.76 bits per heavy atom. The third kappa shape index (κ3) is 10.8. The molecule has 0 aliphatic carbocycles. The van der Waals surface area contributed by atoms with Crippen LogP contribution in [0.25, 0.3) is 0 Å². The maximum Gasteiger partial charge on any atom is 0.120 e. The molecule has 0 rings (SSSR count). The van der Waals surface area contributed by atoms with E-state index in [0.717, 1.165) is 31.6 Å². The van der Waals surface area contributed by atoms with Crippen LogP contribution in [0.15, 0.2) is 41.3 Å². The normalized spacial score (nSPS) is 13.0. The molecule has 0 aromatic carbocycles. The SMILES string of the molecule is C/C=C\C(=C/C=NC)OCCCC/C=C/OC. The topological polar surface area (TPSA) is 30.8 Å². The minimum atomic E-state index is 0.731. The van der Waals surface area contributed by atoms with Crippen LogP contribution in [0.4, 0.5) is 0 Å². The number of hydrogen-bond donors (Lipinski definition) is 0. The first-order valence-corrected chi connectivity index (χ1v) is 5.91. The number of aliphatic imine (C=N–C) groups is 1. The lowest BCUT2D eigenvalue weighted by Crippen LogP contribution is -1.93. The van der Waals surface area contributed by atoms with Crippen LogP contribution in [0.5, 0.6) is 0 Å². The maximum absolute atomic E-state index is 5.62. The summed E-state index contributed by atoms with van der Waals surface area (Å²) in [6, 6.07) is 0. The smallest absolute Gasteiger partial charge is 0.120 e. The van der Waals surface area contributed by atoms with Crippen LogP contribution in [-0.2, 0) is 9.47 Å². The number of rotatable bonds is 9. The second-order valence-corrected chi connectivity index (χ2v) is 3.43. The molecule has 0 aromatic rings. The summed E-state index contributed by atoms with van der Waals surface area (Å²) in [6.07, 6.45) is 14.4. The largest absolute Gasteiger partial charge is 0.505 e. The summed E-state index contributed by atoms with van der Waals surface area (Å²) in [6.45, 7) is 2.70. The van der Waals surface area contributed by atoms with Crippen molar-refractivity contribution in [2.45, 2.75) is 26.2 Å². The van der Waals surface area contributed by atoms with Gasteiger partial charge < -0.3 is 9.47 Å². The summed E-state index contributed by atoms with van der Waals surface area (Å²) in [5.74, 6) is 0.852. The summed E-state index contributed by atoms with van der Waals surface area (Å²) >= 11 is 0. The molecule has 0 saturated heterocycles. The van der Waals surface area contributed by atoms with Gasteiger partial charge in [-0.15, -0.1) is 0 Å². The van der Waals surface area contributed by atoms with E-state index in [2.05, 4.69) is 4.99 Å². The van der Waals surface area contributed by atoms with Crippen molar-refractivity contribution < 1.29 is 9.47 Å². The van der Waals surface area contributed by atoms with E-state index in [1.807, 2.05) is 31.2 Å². The molecule has 96 valence electrons. The van der Waals surface area contributed by atoms with Crippen molar-refractivity contribution >= 4 is 6.21 Å². The van der Waals surface area contributed by atoms with E-state index >= 15 is 0 Å². The van der Waals surface area contributed by atoms with Crippen LogP contribution in [0.3, 0.4) is 0 Å². The standard InChI is InChI=1S/C14H23NO2/c1-4-9-14(10-11-15-2)17-13-8-6-5-7-12-16-3/h4,7,9-12H,5-6,8,13H2,1-3H3/b9-4-,12-7+,14-10+,15-11?. The molecule has 0 aliphatic heterocycles. The molecule has 0 atom stereocenters. The summed E-state index contributed by atoms with van der Waals surface area (Å²) in [4.78, 5) is 3.90. The number of nitrogens with zero attached hydrogens (tertiary/aromatic N) is 1. The zero-order chi connectivity index (χ0) is 12.8. The van der Waals surface area contributed by atoms with Crippen LogP contribution in [0.2, 0.25) is 0 Å². The lowest BCUT2D eigenvalue weighted by Gasteiger charge is -2.05. The van der Waals surface area contributed by atoms with Crippen molar-refractivity contribution in [1.82, 2.24) is 0 Å².